The largest absolute Gasteiger partial charge is 0.367 e. The van der Waals surface area contributed by atoms with Crippen LogP contribution in [0.1, 0.15) is 5.69 Å². The number of piperazine rings is 1. The van der Waals surface area contributed by atoms with E-state index in [-0.39, 0.29) is 0 Å². The SMILES string of the molecule is Cc1cc2c(N3CCN(c4ccccc4Cl)CC3)nccn2n1. The maximum absolute atomic E-state index is 6.31. The summed E-state index contributed by atoms with van der Waals surface area (Å²) in [6.45, 7) is 5.70. The minimum absolute atomic E-state index is 0.813. The molecule has 0 spiro atoms. The van der Waals surface area contributed by atoms with Crippen molar-refractivity contribution in [2.24, 2.45) is 0 Å². The van der Waals surface area contributed by atoms with Gasteiger partial charge >= 0.3 is 0 Å². The van der Waals surface area contributed by atoms with Crippen LogP contribution in [-0.2, 0) is 0 Å². The molecule has 0 bridgehead atoms. The number of aromatic nitrogens is 3. The molecular formula is C17H18ClN5. The van der Waals surface area contributed by atoms with Crippen LogP contribution in [0, 0.1) is 6.92 Å². The summed E-state index contributed by atoms with van der Waals surface area (Å²) in [5.41, 5.74) is 3.19. The average molecular weight is 328 g/mol. The van der Waals surface area contributed by atoms with Gasteiger partial charge in [0.2, 0.25) is 0 Å². The van der Waals surface area contributed by atoms with Crippen molar-refractivity contribution < 1.29 is 0 Å². The van der Waals surface area contributed by atoms with Gasteiger partial charge in [0, 0.05) is 38.6 Å². The Morgan fingerprint density at radius 1 is 1.04 bits per heavy atom. The van der Waals surface area contributed by atoms with E-state index in [1.54, 1.807) is 0 Å². The highest BCUT2D eigenvalue weighted by Crippen LogP contribution is 2.27. The number of hydrogen-bond acceptors (Lipinski definition) is 4. The molecule has 1 aromatic carbocycles. The van der Waals surface area contributed by atoms with Gasteiger partial charge < -0.3 is 9.80 Å². The van der Waals surface area contributed by atoms with Crippen LogP contribution < -0.4 is 9.80 Å². The van der Waals surface area contributed by atoms with Gasteiger partial charge in [-0.1, -0.05) is 23.7 Å². The molecule has 118 valence electrons. The van der Waals surface area contributed by atoms with E-state index in [2.05, 4.69) is 32.0 Å². The lowest BCUT2D eigenvalue weighted by atomic mass is 10.2. The fourth-order valence-corrected chi connectivity index (χ4v) is 3.40. The maximum Gasteiger partial charge on any atom is 0.154 e. The van der Waals surface area contributed by atoms with Crippen LogP contribution in [0.25, 0.3) is 5.52 Å². The predicted octanol–water partition coefficient (Wildman–Crippen LogP) is 3.02. The van der Waals surface area contributed by atoms with Gasteiger partial charge in [-0.3, -0.25) is 0 Å². The molecule has 0 unspecified atom stereocenters. The van der Waals surface area contributed by atoms with Gasteiger partial charge in [-0.05, 0) is 25.1 Å². The van der Waals surface area contributed by atoms with Crippen LogP contribution in [0.3, 0.4) is 0 Å². The standard InChI is InChI=1S/C17H18ClN5/c1-13-12-16-17(19-6-7-23(16)20-13)22-10-8-21(9-11-22)15-5-3-2-4-14(15)18/h2-7,12H,8-11H2,1H3. The van der Waals surface area contributed by atoms with Crippen molar-refractivity contribution in [1.82, 2.24) is 14.6 Å². The molecule has 0 N–H and O–H groups in total. The first kappa shape index (κ1) is 14.3. The summed E-state index contributed by atoms with van der Waals surface area (Å²) in [6, 6.07) is 10.1. The molecule has 1 aliphatic rings. The maximum atomic E-state index is 6.31. The third-order valence-electron chi connectivity index (χ3n) is 4.26. The minimum Gasteiger partial charge on any atom is -0.367 e. The van der Waals surface area contributed by atoms with Crippen molar-refractivity contribution >= 4 is 28.6 Å². The normalized spacial score (nSPS) is 15.4. The second-order valence-corrected chi connectivity index (χ2v) is 6.20. The molecule has 6 heteroatoms. The van der Waals surface area contributed by atoms with Crippen LogP contribution in [0.5, 0.6) is 0 Å². The molecule has 0 amide bonds. The first-order valence-electron chi connectivity index (χ1n) is 7.78. The van der Waals surface area contributed by atoms with Crippen LogP contribution in [-0.4, -0.2) is 40.8 Å². The zero-order valence-corrected chi connectivity index (χ0v) is 13.7. The lowest BCUT2D eigenvalue weighted by molar-refractivity contribution is 0.647. The Balaban J connectivity index is 1.56. The molecule has 3 heterocycles. The fraction of sp³-hybridized carbons (Fsp3) is 0.294. The lowest BCUT2D eigenvalue weighted by Gasteiger charge is -2.37. The Kier molecular flexibility index (Phi) is 3.58. The Morgan fingerprint density at radius 3 is 2.57 bits per heavy atom. The minimum atomic E-state index is 0.813. The average Bonchev–Trinajstić information content (AvgIpc) is 2.96. The number of hydrogen-bond donors (Lipinski definition) is 0. The molecular weight excluding hydrogens is 310 g/mol. The van der Waals surface area contributed by atoms with E-state index < -0.39 is 0 Å². The smallest absolute Gasteiger partial charge is 0.154 e. The van der Waals surface area contributed by atoms with E-state index in [9.17, 15) is 0 Å². The van der Waals surface area contributed by atoms with Gasteiger partial charge in [-0.2, -0.15) is 5.10 Å². The highest BCUT2D eigenvalue weighted by molar-refractivity contribution is 6.33. The monoisotopic (exact) mass is 327 g/mol. The highest BCUT2D eigenvalue weighted by Gasteiger charge is 2.21. The summed E-state index contributed by atoms with van der Waals surface area (Å²) >= 11 is 6.31. The topological polar surface area (TPSA) is 36.7 Å². The zero-order valence-electron chi connectivity index (χ0n) is 13.0. The number of rotatable bonds is 2. The molecule has 23 heavy (non-hydrogen) atoms. The summed E-state index contributed by atoms with van der Waals surface area (Å²) in [7, 11) is 0. The van der Waals surface area contributed by atoms with Crippen LogP contribution >= 0.6 is 11.6 Å². The van der Waals surface area contributed by atoms with Gasteiger partial charge in [0.1, 0.15) is 5.52 Å². The first-order valence-corrected chi connectivity index (χ1v) is 8.15. The fourth-order valence-electron chi connectivity index (χ4n) is 3.14. The summed E-state index contributed by atoms with van der Waals surface area (Å²) in [6.07, 6.45) is 3.71. The molecule has 1 aliphatic heterocycles. The van der Waals surface area contributed by atoms with E-state index in [1.165, 1.54) is 0 Å². The molecule has 0 aliphatic carbocycles. The molecule has 4 rings (SSSR count). The van der Waals surface area contributed by atoms with Crippen molar-refractivity contribution in [2.45, 2.75) is 6.92 Å². The van der Waals surface area contributed by atoms with Gasteiger partial charge in [-0.15, -0.1) is 0 Å². The summed E-state index contributed by atoms with van der Waals surface area (Å²) in [5.74, 6) is 1.01. The number of aryl methyl sites for hydroxylation is 1. The Hall–Kier alpha value is -2.27. The number of nitrogens with zero attached hydrogens (tertiary/aromatic N) is 5. The molecule has 2 aromatic heterocycles. The van der Waals surface area contributed by atoms with Crippen molar-refractivity contribution in [1.29, 1.82) is 0 Å². The van der Waals surface area contributed by atoms with Crippen molar-refractivity contribution in [3.63, 3.8) is 0 Å². The van der Waals surface area contributed by atoms with E-state index >= 15 is 0 Å². The van der Waals surface area contributed by atoms with E-state index in [4.69, 9.17) is 11.6 Å². The number of benzene rings is 1. The molecule has 1 saturated heterocycles. The number of para-hydroxylation sites is 1. The molecule has 1 fully saturated rings. The third-order valence-corrected chi connectivity index (χ3v) is 4.58. The predicted molar refractivity (Wildman–Crippen MR) is 93.6 cm³/mol. The van der Waals surface area contributed by atoms with E-state index in [0.717, 1.165) is 53.9 Å². The zero-order chi connectivity index (χ0) is 15.8. The van der Waals surface area contributed by atoms with E-state index in [1.807, 2.05) is 42.0 Å². The Morgan fingerprint density at radius 2 is 1.78 bits per heavy atom. The molecule has 5 nitrogen and oxygen atoms in total. The number of anilines is 2. The first-order chi connectivity index (χ1) is 11.2. The number of fused-ring (bicyclic) bond motifs is 1. The van der Waals surface area contributed by atoms with E-state index in [0.29, 0.717) is 0 Å². The Labute approximate surface area is 140 Å². The molecule has 0 saturated carbocycles. The van der Waals surface area contributed by atoms with Gasteiger partial charge in [0.05, 0.1) is 16.4 Å². The summed E-state index contributed by atoms with van der Waals surface area (Å²) < 4.78 is 1.90. The second kappa shape index (κ2) is 5.74. The molecule has 3 aromatic rings. The Bertz CT molecular complexity index is 836. The molecule has 0 radical (unpaired) electrons. The van der Waals surface area contributed by atoms with Crippen LogP contribution in [0.4, 0.5) is 11.5 Å². The molecule has 0 atom stereocenters. The van der Waals surface area contributed by atoms with Crippen LogP contribution in [0.15, 0.2) is 42.7 Å². The van der Waals surface area contributed by atoms with Crippen molar-refractivity contribution in [2.75, 3.05) is 36.0 Å². The van der Waals surface area contributed by atoms with Crippen molar-refractivity contribution in [3.8, 4) is 0 Å². The quantitative estimate of drug-likeness (QED) is 0.725. The van der Waals surface area contributed by atoms with Gasteiger partial charge in [0.15, 0.2) is 5.82 Å². The summed E-state index contributed by atoms with van der Waals surface area (Å²) in [4.78, 5) is 9.24. The lowest BCUT2D eigenvalue weighted by Crippen LogP contribution is -2.47. The van der Waals surface area contributed by atoms with Gasteiger partial charge in [0.25, 0.3) is 0 Å². The van der Waals surface area contributed by atoms with Crippen LogP contribution in [0.2, 0.25) is 5.02 Å². The third kappa shape index (κ3) is 2.61. The summed E-state index contributed by atoms with van der Waals surface area (Å²) in [5, 5.41) is 5.28. The van der Waals surface area contributed by atoms with Gasteiger partial charge in [-0.25, -0.2) is 9.50 Å². The highest BCUT2D eigenvalue weighted by atomic mass is 35.5. The number of halogens is 1. The second-order valence-electron chi connectivity index (χ2n) is 5.79. The van der Waals surface area contributed by atoms with Crippen molar-refractivity contribution in [3.05, 3.63) is 53.4 Å².